The highest BCUT2D eigenvalue weighted by atomic mass is 35.5. The Kier molecular flexibility index (Phi) is 7.28. The van der Waals surface area contributed by atoms with Crippen LogP contribution in [0.1, 0.15) is 16.7 Å². The lowest BCUT2D eigenvalue weighted by Gasteiger charge is -2.10. The predicted molar refractivity (Wildman–Crippen MR) is 113 cm³/mol. The maximum atomic E-state index is 12.6. The first-order valence-electron chi connectivity index (χ1n) is 9.00. The summed E-state index contributed by atoms with van der Waals surface area (Å²) in [7, 11) is -2.29. The number of rotatable bonds is 9. The molecule has 0 aliphatic carbocycles. The molecule has 0 amide bonds. The van der Waals surface area contributed by atoms with Gasteiger partial charge in [-0.3, -0.25) is 0 Å². The predicted octanol–water partition coefficient (Wildman–Crippen LogP) is 4.54. The number of methoxy groups -OCH3 is 1. The molecule has 3 aromatic carbocycles. The molecule has 0 aliphatic heterocycles. The summed E-state index contributed by atoms with van der Waals surface area (Å²) in [4.78, 5) is -0.00977. The fourth-order valence-corrected chi connectivity index (χ4v) is 4.22. The normalized spacial score (nSPS) is 11.4. The molecule has 0 atom stereocenters. The summed E-state index contributed by atoms with van der Waals surface area (Å²) >= 11 is 6.04. The van der Waals surface area contributed by atoms with Gasteiger partial charge in [0.15, 0.2) is 0 Å². The van der Waals surface area contributed by atoms with Gasteiger partial charge in [-0.2, -0.15) is 0 Å². The van der Waals surface area contributed by atoms with Gasteiger partial charge in [-0.05, 0) is 28.8 Å². The highest BCUT2D eigenvalue weighted by Gasteiger charge is 2.18. The van der Waals surface area contributed by atoms with Crippen LogP contribution in [0.2, 0.25) is 5.02 Å². The van der Waals surface area contributed by atoms with Crippen LogP contribution in [-0.4, -0.2) is 15.5 Å². The second-order valence-electron chi connectivity index (χ2n) is 6.42. The molecule has 0 saturated heterocycles. The molecule has 7 heteroatoms. The standard InChI is InChI=1S/C22H22ClNO4S/c1-27-20-11-12-21(23)22(13-20)29(25,26)24-14-17-7-9-19(10-8-17)16-28-15-18-5-3-2-4-6-18/h2-13,24H,14-16H2,1H3. The van der Waals surface area contributed by atoms with Crippen LogP contribution >= 0.6 is 11.6 Å². The molecule has 0 fully saturated rings. The van der Waals surface area contributed by atoms with Gasteiger partial charge in [-0.15, -0.1) is 0 Å². The Morgan fingerprint density at radius 2 is 1.48 bits per heavy atom. The summed E-state index contributed by atoms with van der Waals surface area (Å²) in [6.45, 7) is 1.19. The third kappa shape index (κ3) is 6.05. The average Bonchev–Trinajstić information content (AvgIpc) is 2.74. The number of hydrogen-bond acceptors (Lipinski definition) is 4. The van der Waals surface area contributed by atoms with E-state index in [1.165, 1.54) is 19.2 Å². The van der Waals surface area contributed by atoms with Crippen LogP contribution in [0.25, 0.3) is 0 Å². The molecule has 0 aromatic heterocycles. The van der Waals surface area contributed by atoms with Gasteiger partial charge < -0.3 is 9.47 Å². The second kappa shape index (κ2) is 9.89. The molecular weight excluding hydrogens is 410 g/mol. The van der Waals surface area contributed by atoms with Gasteiger partial charge in [0.05, 0.1) is 25.3 Å². The topological polar surface area (TPSA) is 64.6 Å². The Morgan fingerprint density at radius 3 is 2.14 bits per heavy atom. The van der Waals surface area contributed by atoms with E-state index in [0.29, 0.717) is 19.0 Å². The Bertz CT molecular complexity index is 1040. The van der Waals surface area contributed by atoms with Crippen molar-refractivity contribution in [1.82, 2.24) is 4.72 Å². The minimum atomic E-state index is -3.76. The molecule has 0 spiro atoms. The van der Waals surface area contributed by atoms with E-state index in [1.807, 2.05) is 54.6 Å². The van der Waals surface area contributed by atoms with E-state index in [2.05, 4.69) is 4.72 Å². The van der Waals surface area contributed by atoms with E-state index in [4.69, 9.17) is 21.1 Å². The summed E-state index contributed by atoms with van der Waals surface area (Å²) in [6, 6.07) is 22.1. The molecule has 0 heterocycles. The van der Waals surface area contributed by atoms with Crippen LogP contribution in [0.3, 0.4) is 0 Å². The maximum absolute atomic E-state index is 12.6. The van der Waals surface area contributed by atoms with Gasteiger partial charge in [0, 0.05) is 12.6 Å². The number of sulfonamides is 1. The highest BCUT2D eigenvalue weighted by Crippen LogP contribution is 2.26. The van der Waals surface area contributed by atoms with Crippen molar-refractivity contribution in [3.8, 4) is 5.75 Å². The van der Waals surface area contributed by atoms with Gasteiger partial charge in [0.25, 0.3) is 0 Å². The van der Waals surface area contributed by atoms with Crippen LogP contribution in [0.4, 0.5) is 0 Å². The van der Waals surface area contributed by atoms with E-state index in [9.17, 15) is 8.42 Å². The molecule has 5 nitrogen and oxygen atoms in total. The van der Waals surface area contributed by atoms with E-state index in [1.54, 1.807) is 6.07 Å². The van der Waals surface area contributed by atoms with Crippen LogP contribution in [0, 0.1) is 0 Å². The van der Waals surface area contributed by atoms with E-state index in [-0.39, 0.29) is 16.5 Å². The monoisotopic (exact) mass is 431 g/mol. The first kappa shape index (κ1) is 21.3. The zero-order chi connectivity index (χ0) is 20.7. The van der Waals surface area contributed by atoms with Crippen molar-refractivity contribution in [3.05, 3.63) is 94.5 Å². The van der Waals surface area contributed by atoms with Gasteiger partial charge in [0.2, 0.25) is 10.0 Å². The Morgan fingerprint density at radius 1 is 0.862 bits per heavy atom. The summed E-state index contributed by atoms with van der Waals surface area (Å²) in [5.41, 5.74) is 2.97. The molecule has 1 N–H and O–H groups in total. The van der Waals surface area contributed by atoms with Crippen molar-refractivity contribution in [2.45, 2.75) is 24.7 Å². The van der Waals surface area contributed by atoms with Gasteiger partial charge in [0.1, 0.15) is 10.6 Å². The average molecular weight is 432 g/mol. The molecule has 0 bridgehead atoms. The van der Waals surface area contributed by atoms with Gasteiger partial charge >= 0.3 is 0 Å². The molecular formula is C22H22ClNO4S. The maximum Gasteiger partial charge on any atom is 0.242 e. The van der Waals surface area contributed by atoms with Crippen LogP contribution in [0.15, 0.2) is 77.7 Å². The fraction of sp³-hybridized carbons (Fsp3) is 0.182. The summed E-state index contributed by atoms with van der Waals surface area (Å²) in [5.74, 6) is 0.426. The lowest BCUT2D eigenvalue weighted by atomic mass is 10.1. The molecule has 29 heavy (non-hydrogen) atoms. The fourth-order valence-electron chi connectivity index (χ4n) is 2.69. The number of nitrogens with one attached hydrogen (secondary N) is 1. The van der Waals surface area contributed by atoms with Crippen LogP contribution in [-0.2, 0) is 34.5 Å². The number of hydrogen-bond donors (Lipinski definition) is 1. The molecule has 0 unspecified atom stereocenters. The number of halogens is 1. The Labute approximate surface area is 176 Å². The molecule has 152 valence electrons. The molecule has 0 aliphatic rings. The highest BCUT2D eigenvalue weighted by molar-refractivity contribution is 7.89. The minimum absolute atomic E-state index is 0.00977. The third-order valence-electron chi connectivity index (χ3n) is 4.30. The molecule has 0 saturated carbocycles. The quantitative estimate of drug-likeness (QED) is 0.540. The van der Waals surface area contributed by atoms with E-state index >= 15 is 0 Å². The number of ether oxygens (including phenoxy) is 2. The third-order valence-corrected chi connectivity index (χ3v) is 6.18. The second-order valence-corrected chi connectivity index (χ2v) is 8.56. The largest absolute Gasteiger partial charge is 0.497 e. The molecule has 3 rings (SSSR count). The summed E-state index contributed by atoms with van der Waals surface area (Å²) < 4.78 is 38.5. The first-order chi connectivity index (χ1) is 14.0. The molecule has 0 radical (unpaired) electrons. The van der Waals surface area contributed by atoms with Crippen LogP contribution in [0.5, 0.6) is 5.75 Å². The van der Waals surface area contributed by atoms with E-state index < -0.39 is 10.0 Å². The van der Waals surface area contributed by atoms with Crippen molar-refractivity contribution in [2.75, 3.05) is 7.11 Å². The summed E-state index contributed by atoms with van der Waals surface area (Å²) in [5, 5.41) is 0.143. The smallest absolute Gasteiger partial charge is 0.242 e. The van der Waals surface area contributed by atoms with Crippen molar-refractivity contribution in [3.63, 3.8) is 0 Å². The van der Waals surface area contributed by atoms with Crippen molar-refractivity contribution >= 4 is 21.6 Å². The molecule has 3 aromatic rings. The number of benzene rings is 3. The minimum Gasteiger partial charge on any atom is -0.497 e. The SMILES string of the molecule is COc1ccc(Cl)c(S(=O)(=O)NCc2ccc(COCc3ccccc3)cc2)c1. The lowest BCUT2D eigenvalue weighted by molar-refractivity contribution is 0.107. The van der Waals surface area contributed by atoms with Crippen molar-refractivity contribution < 1.29 is 17.9 Å². The first-order valence-corrected chi connectivity index (χ1v) is 10.9. The zero-order valence-corrected chi connectivity index (χ0v) is 17.5. The Hall–Kier alpha value is -2.38. The van der Waals surface area contributed by atoms with Gasteiger partial charge in [-0.1, -0.05) is 66.2 Å². The van der Waals surface area contributed by atoms with Crippen molar-refractivity contribution in [2.24, 2.45) is 0 Å². The zero-order valence-electron chi connectivity index (χ0n) is 16.0. The van der Waals surface area contributed by atoms with Crippen LogP contribution < -0.4 is 9.46 Å². The summed E-state index contributed by atoms with van der Waals surface area (Å²) in [6.07, 6.45) is 0. The van der Waals surface area contributed by atoms with Gasteiger partial charge in [-0.25, -0.2) is 13.1 Å². The van der Waals surface area contributed by atoms with Crippen molar-refractivity contribution in [1.29, 1.82) is 0 Å². The lowest BCUT2D eigenvalue weighted by Crippen LogP contribution is -2.23. The Balaban J connectivity index is 1.55. The van der Waals surface area contributed by atoms with E-state index in [0.717, 1.165) is 16.7 Å².